The zero-order valence-electron chi connectivity index (χ0n) is 22.7. The number of rotatable bonds is 7. The average Bonchev–Trinajstić information content (AvgIpc) is 3.43. The van der Waals surface area contributed by atoms with Gasteiger partial charge in [-0.15, -0.1) is 18.2 Å². The van der Waals surface area contributed by atoms with Gasteiger partial charge in [0, 0.05) is 18.2 Å². The van der Waals surface area contributed by atoms with E-state index in [1.165, 1.54) is 7.05 Å². The summed E-state index contributed by atoms with van der Waals surface area (Å²) in [5.74, 6) is 2.09. The van der Waals surface area contributed by atoms with E-state index in [9.17, 15) is 19.5 Å². The third-order valence-electron chi connectivity index (χ3n) is 7.78. The lowest BCUT2D eigenvalue weighted by Crippen LogP contribution is -2.56. The normalized spacial score (nSPS) is 27.9. The molecule has 0 radical (unpaired) electrons. The first-order valence-corrected chi connectivity index (χ1v) is 14.4. The summed E-state index contributed by atoms with van der Waals surface area (Å²) >= 11 is 7.19. The lowest BCUT2D eigenvalue weighted by atomic mass is 10.0. The average molecular weight is 573 g/mol. The minimum absolute atomic E-state index is 0.146. The van der Waals surface area contributed by atoms with Gasteiger partial charge in [-0.1, -0.05) is 56.3 Å². The van der Waals surface area contributed by atoms with Crippen LogP contribution in [0.15, 0.2) is 24.3 Å². The van der Waals surface area contributed by atoms with Crippen molar-refractivity contribution in [1.82, 2.24) is 20.4 Å². The summed E-state index contributed by atoms with van der Waals surface area (Å²) in [7, 11) is 1.44. The Morgan fingerprint density at radius 1 is 1.33 bits per heavy atom. The minimum atomic E-state index is -1.11. The molecule has 2 saturated heterocycles. The van der Waals surface area contributed by atoms with Gasteiger partial charge in [0.1, 0.15) is 18.7 Å². The maximum absolute atomic E-state index is 14.0. The minimum Gasteiger partial charge on any atom is -0.465 e. The number of terminal acetylenes is 1. The molecule has 210 valence electrons. The highest BCUT2D eigenvalue weighted by atomic mass is 32.2. The summed E-state index contributed by atoms with van der Waals surface area (Å²) in [6.45, 7) is 5.98. The number of benzene rings is 1. The van der Waals surface area contributed by atoms with Crippen molar-refractivity contribution in [3.63, 3.8) is 0 Å². The van der Waals surface area contributed by atoms with E-state index in [1.807, 2.05) is 24.3 Å². The van der Waals surface area contributed by atoms with Crippen LogP contribution in [0.1, 0.15) is 57.2 Å². The van der Waals surface area contributed by atoms with Gasteiger partial charge in [-0.25, -0.2) is 4.79 Å². The number of likely N-dealkylation sites (N-methyl/N-ethyl adjacent to an activating group) is 1. The molecule has 11 heteroatoms. The van der Waals surface area contributed by atoms with E-state index < -0.39 is 24.2 Å². The largest absolute Gasteiger partial charge is 0.465 e. The SMILES string of the molecule is C#CCO[C@@H]1Cc2ccccc2[C@@H]1NC(=O)[C@@H]1CC[C@@H]2SC(C)(C)C[C@H](NC(=S)C(C)N(C)C(=O)O)C(=O)N21. The Morgan fingerprint density at radius 3 is 2.74 bits per heavy atom. The van der Waals surface area contributed by atoms with Crippen LogP contribution in [-0.2, 0) is 20.7 Å². The number of nitrogens with zero attached hydrogens (tertiary/aromatic N) is 2. The summed E-state index contributed by atoms with van der Waals surface area (Å²) in [5, 5.41) is 15.5. The molecule has 2 heterocycles. The van der Waals surface area contributed by atoms with Crippen molar-refractivity contribution >= 4 is 46.9 Å². The standard InChI is InChI=1S/C28H36N4O5S2/c1-6-13-37-21-14-17-9-7-8-10-18(17)23(21)30-24(33)20-11-12-22-32(20)26(34)19(15-28(3,4)39-22)29-25(38)16(2)31(5)27(35)36/h1,7-10,16,19-23H,11-15H2,2-5H3,(H,29,38)(H,30,33)(H,35,36)/t16?,19-,20-,21+,22-,23-/m0/s1. The molecule has 2 fully saturated rings. The number of hydrogen-bond acceptors (Lipinski definition) is 6. The molecule has 4 rings (SSSR count). The molecule has 0 spiro atoms. The maximum atomic E-state index is 14.0. The number of thioether (sulfide) groups is 1. The number of hydrogen-bond donors (Lipinski definition) is 3. The number of carbonyl (C=O) groups excluding carboxylic acids is 2. The predicted molar refractivity (Wildman–Crippen MR) is 154 cm³/mol. The van der Waals surface area contributed by atoms with Gasteiger partial charge in [0.25, 0.3) is 0 Å². The van der Waals surface area contributed by atoms with Gasteiger partial charge in [-0.05, 0) is 37.3 Å². The zero-order chi connectivity index (χ0) is 28.5. The molecule has 39 heavy (non-hydrogen) atoms. The predicted octanol–water partition coefficient (Wildman–Crippen LogP) is 2.93. The van der Waals surface area contributed by atoms with E-state index in [0.29, 0.717) is 25.7 Å². The van der Waals surface area contributed by atoms with E-state index in [1.54, 1.807) is 23.6 Å². The van der Waals surface area contributed by atoms with Crippen LogP contribution in [-0.4, -0.2) is 85.8 Å². The Hall–Kier alpha value is -2.81. The first-order chi connectivity index (χ1) is 18.4. The zero-order valence-corrected chi connectivity index (χ0v) is 24.3. The van der Waals surface area contributed by atoms with Crippen molar-refractivity contribution in [2.45, 2.75) is 86.8 Å². The molecule has 1 aromatic carbocycles. The lowest BCUT2D eigenvalue weighted by Gasteiger charge is -2.32. The number of carboxylic acid groups (broad SMARTS) is 1. The van der Waals surface area contributed by atoms with E-state index in [0.717, 1.165) is 16.0 Å². The smallest absolute Gasteiger partial charge is 0.407 e. The molecular formula is C28H36N4O5S2. The topological polar surface area (TPSA) is 111 Å². The third-order valence-corrected chi connectivity index (χ3v) is 9.78. The van der Waals surface area contributed by atoms with Gasteiger partial charge >= 0.3 is 6.09 Å². The van der Waals surface area contributed by atoms with Crippen LogP contribution in [0.25, 0.3) is 0 Å². The van der Waals surface area contributed by atoms with Crippen molar-refractivity contribution in [3.05, 3.63) is 35.4 Å². The van der Waals surface area contributed by atoms with Crippen LogP contribution in [0.4, 0.5) is 4.79 Å². The lowest BCUT2D eigenvalue weighted by molar-refractivity contribution is -0.140. The third kappa shape index (κ3) is 6.18. The quantitative estimate of drug-likeness (QED) is 0.338. The van der Waals surface area contributed by atoms with Crippen LogP contribution >= 0.6 is 24.0 Å². The fraction of sp³-hybridized carbons (Fsp3) is 0.571. The van der Waals surface area contributed by atoms with E-state index in [-0.39, 0.29) is 45.7 Å². The second kappa shape index (κ2) is 11.7. The Bertz CT molecular complexity index is 1180. The van der Waals surface area contributed by atoms with Crippen LogP contribution in [0, 0.1) is 12.3 Å². The first kappa shape index (κ1) is 29.2. The molecule has 1 unspecified atom stereocenters. The molecule has 0 saturated carbocycles. The fourth-order valence-electron chi connectivity index (χ4n) is 5.66. The monoisotopic (exact) mass is 572 g/mol. The molecule has 1 aromatic rings. The van der Waals surface area contributed by atoms with Crippen molar-refractivity contribution in [2.24, 2.45) is 0 Å². The summed E-state index contributed by atoms with van der Waals surface area (Å²) in [5.41, 5.74) is 2.11. The van der Waals surface area contributed by atoms with Crippen LogP contribution in [0.2, 0.25) is 0 Å². The van der Waals surface area contributed by atoms with Gasteiger partial charge < -0.3 is 30.3 Å². The van der Waals surface area contributed by atoms with Crippen LogP contribution < -0.4 is 10.6 Å². The van der Waals surface area contributed by atoms with Crippen LogP contribution in [0.3, 0.4) is 0 Å². The second-order valence-corrected chi connectivity index (χ2v) is 13.3. The molecule has 1 aliphatic carbocycles. The van der Waals surface area contributed by atoms with E-state index in [2.05, 4.69) is 30.4 Å². The highest BCUT2D eigenvalue weighted by Gasteiger charge is 2.50. The molecule has 9 nitrogen and oxygen atoms in total. The number of fused-ring (bicyclic) bond motifs is 2. The first-order valence-electron chi connectivity index (χ1n) is 13.1. The molecule has 3 N–H and O–H groups in total. The summed E-state index contributed by atoms with van der Waals surface area (Å²) in [6.07, 6.45) is 6.41. The van der Waals surface area contributed by atoms with E-state index >= 15 is 0 Å². The van der Waals surface area contributed by atoms with Crippen molar-refractivity contribution < 1.29 is 24.2 Å². The van der Waals surface area contributed by atoms with Crippen molar-refractivity contribution in [2.75, 3.05) is 13.7 Å². The van der Waals surface area contributed by atoms with Gasteiger partial charge in [-0.2, -0.15) is 0 Å². The summed E-state index contributed by atoms with van der Waals surface area (Å²) in [4.78, 5) is 42.2. The Balaban J connectivity index is 1.54. The molecular weight excluding hydrogens is 536 g/mol. The Morgan fingerprint density at radius 2 is 2.05 bits per heavy atom. The summed E-state index contributed by atoms with van der Waals surface area (Å²) in [6, 6.07) is 5.63. The number of ether oxygens (including phenoxy) is 1. The second-order valence-electron chi connectivity index (χ2n) is 10.9. The Kier molecular flexibility index (Phi) is 8.78. The molecule has 0 aromatic heterocycles. The fourth-order valence-corrected chi connectivity index (χ4v) is 7.58. The Labute approximate surface area is 239 Å². The number of thiocarbonyl (C=S) groups is 1. The molecule has 3 aliphatic rings. The van der Waals surface area contributed by atoms with E-state index in [4.69, 9.17) is 23.4 Å². The van der Waals surface area contributed by atoms with Gasteiger partial charge in [0.05, 0.1) is 28.6 Å². The molecule has 0 bridgehead atoms. The van der Waals surface area contributed by atoms with Crippen LogP contribution in [0.5, 0.6) is 0 Å². The number of nitrogens with one attached hydrogen (secondary N) is 2. The van der Waals surface area contributed by atoms with Crippen molar-refractivity contribution in [1.29, 1.82) is 0 Å². The van der Waals surface area contributed by atoms with Crippen molar-refractivity contribution in [3.8, 4) is 12.3 Å². The van der Waals surface area contributed by atoms with Gasteiger partial charge in [0.2, 0.25) is 11.8 Å². The highest BCUT2D eigenvalue weighted by Crippen LogP contribution is 2.45. The maximum Gasteiger partial charge on any atom is 0.407 e. The highest BCUT2D eigenvalue weighted by molar-refractivity contribution is 8.01. The van der Waals surface area contributed by atoms with Gasteiger partial charge in [0.15, 0.2) is 0 Å². The number of carbonyl (C=O) groups is 3. The molecule has 2 aliphatic heterocycles. The summed E-state index contributed by atoms with van der Waals surface area (Å²) < 4.78 is 5.63. The molecule has 6 atom stereocenters. The van der Waals surface area contributed by atoms with Gasteiger partial charge in [-0.3, -0.25) is 9.59 Å². The number of amides is 3. The molecule has 3 amide bonds.